The Kier molecular flexibility index (Phi) is 4.63. The normalized spacial score (nSPS) is 11.2. The molecule has 0 bridgehead atoms. The van der Waals surface area contributed by atoms with Gasteiger partial charge in [-0.3, -0.25) is 4.79 Å². The molecule has 166 valence electrons. The van der Waals surface area contributed by atoms with Crippen molar-refractivity contribution in [3.05, 3.63) is 64.8 Å². The van der Waals surface area contributed by atoms with E-state index in [0.29, 0.717) is 27.7 Å². The van der Waals surface area contributed by atoms with Crippen LogP contribution in [-0.2, 0) is 0 Å². The van der Waals surface area contributed by atoms with Crippen molar-refractivity contribution in [3.8, 4) is 51.4 Å². The standard InChI is InChI=1S/C25H18O8/c1-30-20-7-13(8-21(31-2)24(20)29)25-23(28)16-11-17(12-3-5-14(26)6-4-12)32-18-9-15(27)10-19(33-25)22(16)18/h3-11,26,28-29H,1-2H3. The summed E-state index contributed by atoms with van der Waals surface area (Å²) in [6.07, 6.45) is 0. The van der Waals surface area contributed by atoms with Gasteiger partial charge in [-0.2, -0.15) is 0 Å². The first-order chi connectivity index (χ1) is 15.9. The van der Waals surface area contributed by atoms with E-state index in [0.717, 1.165) is 0 Å². The zero-order chi connectivity index (χ0) is 23.3. The Morgan fingerprint density at radius 3 is 1.94 bits per heavy atom. The lowest BCUT2D eigenvalue weighted by molar-refractivity contribution is 0.340. The van der Waals surface area contributed by atoms with Gasteiger partial charge in [0.2, 0.25) is 5.75 Å². The van der Waals surface area contributed by atoms with Crippen LogP contribution in [0.15, 0.2) is 68.2 Å². The third-order valence-electron chi connectivity index (χ3n) is 5.38. The fourth-order valence-electron chi connectivity index (χ4n) is 3.80. The number of rotatable bonds is 4. The first-order valence-corrected chi connectivity index (χ1v) is 9.87. The van der Waals surface area contributed by atoms with Crippen LogP contribution in [0.25, 0.3) is 44.6 Å². The minimum absolute atomic E-state index is 0.0499. The summed E-state index contributed by atoms with van der Waals surface area (Å²) in [4.78, 5) is 12.3. The first kappa shape index (κ1) is 20.3. The second-order valence-electron chi connectivity index (χ2n) is 7.37. The summed E-state index contributed by atoms with van der Waals surface area (Å²) < 4.78 is 22.3. The fourth-order valence-corrected chi connectivity index (χ4v) is 3.80. The third kappa shape index (κ3) is 3.28. The van der Waals surface area contributed by atoms with E-state index < -0.39 is 0 Å². The highest BCUT2D eigenvalue weighted by atomic mass is 16.5. The zero-order valence-corrected chi connectivity index (χ0v) is 17.6. The van der Waals surface area contributed by atoms with Crippen LogP contribution in [0.4, 0.5) is 0 Å². The molecule has 2 heterocycles. The van der Waals surface area contributed by atoms with Crippen molar-refractivity contribution in [2.75, 3.05) is 14.2 Å². The second kappa shape index (κ2) is 7.52. The van der Waals surface area contributed by atoms with E-state index in [2.05, 4.69) is 0 Å². The van der Waals surface area contributed by atoms with Crippen molar-refractivity contribution in [2.45, 2.75) is 0 Å². The number of phenols is 2. The van der Waals surface area contributed by atoms with Crippen LogP contribution in [0, 0.1) is 0 Å². The quantitative estimate of drug-likeness (QED) is 0.352. The van der Waals surface area contributed by atoms with Crippen LogP contribution in [0.1, 0.15) is 0 Å². The van der Waals surface area contributed by atoms with Crippen molar-refractivity contribution in [1.82, 2.24) is 0 Å². The highest BCUT2D eigenvalue weighted by Gasteiger charge is 2.22. The predicted octanol–water partition coefficient (Wildman–Crippen LogP) is 5.01. The van der Waals surface area contributed by atoms with Gasteiger partial charge in [0.1, 0.15) is 22.7 Å². The minimum atomic E-state index is -0.336. The second-order valence-corrected chi connectivity index (χ2v) is 7.37. The van der Waals surface area contributed by atoms with Crippen LogP contribution in [-0.4, -0.2) is 29.5 Å². The van der Waals surface area contributed by atoms with E-state index >= 15 is 0 Å². The molecule has 0 aliphatic rings. The Morgan fingerprint density at radius 1 is 0.727 bits per heavy atom. The summed E-state index contributed by atoms with van der Waals surface area (Å²) in [5.74, 6) is 0.369. The Morgan fingerprint density at radius 2 is 1.33 bits per heavy atom. The van der Waals surface area contributed by atoms with Gasteiger partial charge < -0.3 is 33.6 Å². The largest absolute Gasteiger partial charge is 0.508 e. The van der Waals surface area contributed by atoms with E-state index in [4.69, 9.17) is 18.3 Å². The van der Waals surface area contributed by atoms with Crippen LogP contribution in [0.2, 0.25) is 0 Å². The van der Waals surface area contributed by atoms with Crippen molar-refractivity contribution in [1.29, 1.82) is 0 Å². The Bertz CT molecular complexity index is 1550. The number of phenolic OH excluding ortho intramolecular Hbond substituents is 2. The fraction of sp³-hybridized carbons (Fsp3) is 0.0800. The van der Waals surface area contributed by atoms with E-state index in [1.165, 1.54) is 50.6 Å². The van der Waals surface area contributed by atoms with E-state index in [1.54, 1.807) is 18.2 Å². The number of methoxy groups -OCH3 is 2. The molecule has 0 saturated carbocycles. The maximum absolute atomic E-state index is 12.3. The monoisotopic (exact) mass is 446 g/mol. The topological polar surface area (TPSA) is 123 Å². The van der Waals surface area contributed by atoms with Crippen molar-refractivity contribution in [3.63, 3.8) is 0 Å². The molecule has 0 spiro atoms. The molecule has 0 aliphatic heterocycles. The van der Waals surface area contributed by atoms with E-state index in [9.17, 15) is 20.1 Å². The molecular weight excluding hydrogens is 428 g/mol. The van der Waals surface area contributed by atoms with Crippen molar-refractivity contribution in [2.24, 2.45) is 0 Å². The average Bonchev–Trinajstić information content (AvgIpc) is 2.81. The number of benzene rings is 3. The molecule has 8 nitrogen and oxygen atoms in total. The maximum atomic E-state index is 12.3. The Balaban J connectivity index is 1.85. The summed E-state index contributed by atoms with van der Waals surface area (Å²) >= 11 is 0. The molecule has 2 aromatic heterocycles. The van der Waals surface area contributed by atoms with E-state index in [1.807, 2.05) is 0 Å². The van der Waals surface area contributed by atoms with Crippen LogP contribution in [0.5, 0.6) is 28.7 Å². The molecule has 0 fully saturated rings. The van der Waals surface area contributed by atoms with Crippen molar-refractivity contribution < 1.29 is 33.6 Å². The Hall–Kier alpha value is -4.59. The summed E-state index contributed by atoms with van der Waals surface area (Å²) in [6, 6.07) is 13.6. The molecule has 5 rings (SSSR count). The van der Waals surface area contributed by atoms with Gasteiger partial charge in [0.15, 0.2) is 28.4 Å². The molecule has 3 aromatic carbocycles. The SMILES string of the molecule is COc1cc(-c2oc3cc(=O)cc4oc(-c5ccc(O)cc5)cc(c2O)c43)cc(OC)c1O. The number of ether oxygens (including phenoxy) is 2. The first-order valence-electron chi connectivity index (χ1n) is 9.87. The van der Waals surface area contributed by atoms with Crippen LogP contribution in [0.3, 0.4) is 0 Å². The molecule has 0 atom stereocenters. The van der Waals surface area contributed by atoms with Gasteiger partial charge in [0, 0.05) is 28.6 Å². The average molecular weight is 446 g/mol. The summed E-state index contributed by atoms with van der Waals surface area (Å²) in [7, 11) is 2.78. The number of hydrogen-bond acceptors (Lipinski definition) is 8. The molecule has 33 heavy (non-hydrogen) atoms. The summed E-state index contributed by atoms with van der Waals surface area (Å²) in [6.45, 7) is 0. The Labute approximate surface area is 186 Å². The minimum Gasteiger partial charge on any atom is -0.508 e. The van der Waals surface area contributed by atoms with Gasteiger partial charge in [-0.1, -0.05) is 0 Å². The molecular formula is C25H18O8. The van der Waals surface area contributed by atoms with Gasteiger partial charge in [-0.15, -0.1) is 0 Å². The van der Waals surface area contributed by atoms with Gasteiger partial charge >= 0.3 is 0 Å². The molecule has 3 N–H and O–H groups in total. The lowest BCUT2D eigenvalue weighted by Crippen LogP contribution is -1.98. The molecule has 0 radical (unpaired) electrons. The third-order valence-corrected chi connectivity index (χ3v) is 5.38. The lowest BCUT2D eigenvalue weighted by atomic mass is 10.0. The summed E-state index contributed by atoms with van der Waals surface area (Å²) in [5, 5.41) is 31.9. The predicted molar refractivity (Wildman–Crippen MR) is 121 cm³/mol. The van der Waals surface area contributed by atoms with Gasteiger partial charge in [0.25, 0.3) is 0 Å². The maximum Gasteiger partial charge on any atom is 0.200 e. The molecule has 0 unspecified atom stereocenters. The molecule has 0 saturated heterocycles. The molecule has 0 amide bonds. The van der Waals surface area contributed by atoms with Gasteiger partial charge in [-0.25, -0.2) is 0 Å². The number of aromatic hydroxyl groups is 3. The summed E-state index contributed by atoms with van der Waals surface area (Å²) in [5.41, 5.74) is 1.12. The van der Waals surface area contributed by atoms with Crippen molar-refractivity contribution >= 4 is 21.9 Å². The van der Waals surface area contributed by atoms with Crippen LogP contribution < -0.4 is 14.9 Å². The molecule has 0 aliphatic carbocycles. The van der Waals surface area contributed by atoms with Gasteiger partial charge in [0.05, 0.1) is 19.6 Å². The smallest absolute Gasteiger partial charge is 0.200 e. The van der Waals surface area contributed by atoms with Gasteiger partial charge in [-0.05, 0) is 42.5 Å². The highest BCUT2D eigenvalue weighted by Crippen LogP contribution is 2.46. The zero-order valence-electron chi connectivity index (χ0n) is 17.6. The highest BCUT2D eigenvalue weighted by molar-refractivity contribution is 6.10. The lowest BCUT2D eigenvalue weighted by Gasteiger charge is -2.14. The van der Waals surface area contributed by atoms with Crippen LogP contribution >= 0.6 is 0 Å². The number of hydrogen-bond donors (Lipinski definition) is 3. The molecule has 8 heteroatoms. The molecule has 5 aromatic rings. The van der Waals surface area contributed by atoms with E-state index in [-0.39, 0.29) is 51.1 Å².